The van der Waals surface area contributed by atoms with Gasteiger partial charge in [-0.05, 0) is 43.9 Å². The molecular weight excluding hydrogens is 220 g/mol. The van der Waals surface area contributed by atoms with E-state index < -0.39 is 0 Å². The van der Waals surface area contributed by atoms with Crippen molar-refractivity contribution < 1.29 is 0 Å². The Hall–Kier alpha value is -0.600. The molecule has 0 aliphatic carbocycles. The van der Waals surface area contributed by atoms with Crippen molar-refractivity contribution in [3.05, 3.63) is 29.0 Å². The van der Waals surface area contributed by atoms with Crippen molar-refractivity contribution in [2.45, 2.75) is 39.7 Å². The van der Waals surface area contributed by atoms with Crippen molar-refractivity contribution >= 4 is 11.6 Å². The molecule has 0 fully saturated rings. The fraction of sp³-hybridized carbons (Fsp3) is 0.615. The van der Waals surface area contributed by atoms with Crippen LogP contribution in [0.3, 0.4) is 0 Å². The first-order valence-corrected chi connectivity index (χ1v) is 6.08. The predicted molar refractivity (Wildman–Crippen MR) is 69.9 cm³/mol. The molecule has 0 saturated heterocycles. The molecule has 1 N–H and O–H groups in total. The van der Waals surface area contributed by atoms with Gasteiger partial charge in [-0.1, -0.05) is 25.4 Å². The zero-order valence-corrected chi connectivity index (χ0v) is 11.3. The lowest BCUT2D eigenvalue weighted by Gasteiger charge is -2.28. The van der Waals surface area contributed by atoms with E-state index in [1.807, 2.05) is 13.1 Å². The van der Waals surface area contributed by atoms with Crippen LogP contribution < -0.4 is 5.32 Å². The van der Waals surface area contributed by atoms with Crippen LogP contribution in [-0.2, 0) is 6.42 Å². The van der Waals surface area contributed by atoms with Crippen molar-refractivity contribution in [3.63, 3.8) is 0 Å². The molecule has 0 aliphatic rings. The number of pyridine rings is 1. The summed E-state index contributed by atoms with van der Waals surface area (Å²) in [5, 5.41) is 4.05. The summed E-state index contributed by atoms with van der Waals surface area (Å²) in [5.74, 6) is 0. The molecule has 90 valence electrons. The minimum absolute atomic E-state index is 0.243. The van der Waals surface area contributed by atoms with Gasteiger partial charge < -0.3 is 5.32 Å². The minimum atomic E-state index is 0.243. The summed E-state index contributed by atoms with van der Waals surface area (Å²) in [4.78, 5) is 4.01. The van der Waals surface area contributed by atoms with Crippen molar-refractivity contribution in [2.24, 2.45) is 5.41 Å². The Morgan fingerprint density at radius 2 is 2.19 bits per heavy atom. The van der Waals surface area contributed by atoms with Gasteiger partial charge in [0.05, 0.1) is 5.02 Å². The third kappa shape index (κ3) is 4.11. The number of rotatable bonds is 5. The van der Waals surface area contributed by atoms with E-state index in [1.165, 1.54) is 5.56 Å². The summed E-state index contributed by atoms with van der Waals surface area (Å²) in [6.45, 7) is 6.76. The van der Waals surface area contributed by atoms with Gasteiger partial charge in [0.25, 0.3) is 0 Å². The summed E-state index contributed by atoms with van der Waals surface area (Å²) in [5.41, 5.74) is 1.43. The molecule has 1 aromatic rings. The number of nitrogens with zero attached hydrogens (tertiary/aromatic N) is 1. The van der Waals surface area contributed by atoms with Crippen LogP contribution in [-0.4, -0.2) is 18.1 Å². The van der Waals surface area contributed by atoms with Crippen LogP contribution in [0.1, 0.15) is 32.8 Å². The van der Waals surface area contributed by atoms with Gasteiger partial charge in [-0.25, -0.2) is 0 Å². The zero-order valence-electron chi connectivity index (χ0n) is 10.5. The maximum Gasteiger partial charge on any atom is 0.0621 e. The van der Waals surface area contributed by atoms with Crippen LogP contribution in [0, 0.1) is 5.41 Å². The average molecular weight is 241 g/mol. The van der Waals surface area contributed by atoms with E-state index in [-0.39, 0.29) is 5.41 Å². The SMILES string of the molecule is CNC(C)CC(C)(C)Cc1ccncc1Cl. The number of hydrogen-bond acceptors (Lipinski definition) is 2. The summed E-state index contributed by atoms with van der Waals surface area (Å²) < 4.78 is 0. The largest absolute Gasteiger partial charge is 0.317 e. The van der Waals surface area contributed by atoms with Crippen molar-refractivity contribution in [2.75, 3.05) is 7.05 Å². The average Bonchev–Trinajstić information content (AvgIpc) is 2.20. The topological polar surface area (TPSA) is 24.9 Å². The van der Waals surface area contributed by atoms with Gasteiger partial charge in [-0.15, -0.1) is 0 Å². The van der Waals surface area contributed by atoms with E-state index in [0.29, 0.717) is 6.04 Å². The van der Waals surface area contributed by atoms with Gasteiger partial charge in [0.2, 0.25) is 0 Å². The molecule has 2 nitrogen and oxygen atoms in total. The molecule has 0 aromatic carbocycles. The Kier molecular flexibility index (Phi) is 4.75. The van der Waals surface area contributed by atoms with Gasteiger partial charge in [-0.2, -0.15) is 0 Å². The number of halogens is 1. The van der Waals surface area contributed by atoms with Crippen LogP contribution >= 0.6 is 11.6 Å². The highest BCUT2D eigenvalue weighted by atomic mass is 35.5. The van der Waals surface area contributed by atoms with Crippen LogP contribution in [0.5, 0.6) is 0 Å². The molecule has 16 heavy (non-hydrogen) atoms. The molecule has 1 heterocycles. The highest BCUT2D eigenvalue weighted by molar-refractivity contribution is 6.31. The summed E-state index contributed by atoms with van der Waals surface area (Å²) in [6.07, 6.45) is 5.63. The lowest BCUT2D eigenvalue weighted by molar-refractivity contribution is 0.293. The first-order valence-electron chi connectivity index (χ1n) is 5.70. The molecule has 0 bridgehead atoms. The van der Waals surface area contributed by atoms with Crippen LogP contribution in [0.2, 0.25) is 5.02 Å². The van der Waals surface area contributed by atoms with E-state index in [1.54, 1.807) is 12.4 Å². The standard InChI is InChI=1S/C13H21ClN2/c1-10(15-4)7-13(2,3)8-11-5-6-16-9-12(11)14/h5-6,9-10,15H,7-8H2,1-4H3. The van der Waals surface area contributed by atoms with Gasteiger partial charge in [-0.3, -0.25) is 4.98 Å². The van der Waals surface area contributed by atoms with Gasteiger partial charge >= 0.3 is 0 Å². The van der Waals surface area contributed by atoms with Gasteiger partial charge in [0.1, 0.15) is 0 Å². The quantitative estimate of drug-likeness (QED) is 0.854. The lowest BCUT2D eigenvalue weighted by Crippen LogP contribution is -2.29. The smallest absolute Gasteiger partial charge is 0.0621 e. The molecule has 0 radical (unpaired) electrons. The summed E-state index contributed by atoms with van der Waals surface area (Å²) >= 11 is 6.12. The van der Waals surface area contributed by atoms with Crippen LogP contribution in [0.4, 0.5) is 0 Å². The second-order valence-electron chi connectivity index (χ2n) is 5.20. The van der Waals surface area contributed by atoms with E-state index in [0.717, 1.165) is 17.9 Å². The van der Waals surface area contributed by atoms with Crippen LogP contribution in [0.15, 0.2) is 18.5 Å². The number of aromatic nitrogens is 1. The zero-order chi connectivity index (χ0) is 12.2. The highest BCUT2D eigenvalue weighted by Crippen LogP contribution is 2.29. The van der Waals surface area contributed by atoms with E-state index in [2.05, 4.69) is 31.1 Å². The van der Waals surface area contributed by atoms with E-state index in [9.17, 15) is 0 Å². The molecule has 1 atom stereocenters. The molecule has 0 amide bonds. The van der Waals surface area contributed by atoms with Crippen LogP contribution in [0.25, 0.3) is 0 Å². The molecule has 0 aliphatic heterocycles. The number of hydrogen-bond donors (Lipinski definition) is 1. The Labute approximate surface area is 103 Å². The third-order valence-electron chi connectivity index (χ3n) is 2.88. The van der Waals surface area contributed by atoms with Crippen molar-refractivity contribution in [3.8, 4) is 0 Å². The van der Waals surface area contributed by atoms with Gasteiger partial charge in [0, 0.05) is 18.4 Å². The second-order valence-corrected chi connectivity index (χ2v) is 5.61. The normalized spacial score (nSPS) is 13.8. The minimum Gasteiger partial charge on any atom is -0.317 e. The number of nitrogens with one attached hydrogen (secondary N) is 1. The maximum absolute atomic E-state index is 6.12. The summed E-state index contributed by atoms with van der Waals surface area (Å²) in [7, 11) is 2.00. The molecule has 0 spiro atoms. The van der Waals surface area contributed by atoms with E-state index >= 15 is 0 Å². The summed E-state index contributed by atoms with van der Waals surface area (Å²) in [6, 6.07) is 2.53. The monoisotopic (exact) mass is 240 g/mol. The van der Waals surface area contributed by atoms with Gasteiger partial charge in [0.15, 0.2) is 0 Å². The van der Waals surface area contributed by atoms with Crippen molar-refractivity contribution in [1.29, 1.82) is 0 Å². The first-order chi connectivity index (χ1) is 7.44. The molecule has 1 unspecified atom stereocenters. The Balaban J connectivity index is 2.69. The van der Waals surface area contributed by atoms with Crippen molar-refractivity contribution in [1.82, 2.24) is 10.3 Å². The fourth-order valence-electron chi connectivity index (χ4n) is 2.07. The fourth-order valence-corrected chi connectivity index (χ4v) is 2.25. The molecule has 1 rings (SSSR count). The van der Waals surface area contributed by atoms with E-state index in [4.69, 9.17) is 11.6 Å². The molecular formula is C13H21ClN2. The lowest BCUT2D eigenvalue weighted by atomic mass is 9.80. The predicted octanol–water partition coefficient (Wildman–Crippen LogP) is 3.30. The Bertz CT molecular complexity index is 336. The Morgan fingerprint density at radius 1 is 1.50 bits per heavy atom. The molecule has 0 saturated carbocycles. The molecule has 1 aromatic heterocycles. The third-order valence-corrected chi connectivity index (χ3v) is 3.22. The maximum atomic E-state index is 6.12. The highest BCUT2D eigenvalue weighted by Gasteiger charge is 2.22. The Morgan fingerprint density at radius 3 is 2.75 bits per heavy atom. The second kappa shape index (κ2) is 5.65. The first kappa shape index (κ1) is 13.5. The molecule has 3 heteroatoms.